The fraction of sp³-hybridized carbons (Fsp3) is 0.650. The van der Waals surface area contributed by atoms with Gasteiger partial charge >= 0.3 is 0 Å². The van der Waals surface area contributed by atoms with E-state index in [9.17, 15) is 4.79 Å². The van der Waals surface area contributed by atoms with E-state index in [4.69, 9.17) is 0 Å². The molecule has 0 aliphatic rings. The van der Waals surface area contributed by atoms with Gasteiger partial charge in [-0.3, -0.25) is 4.79 Å². The SMILES string of the molecule is CC(C)CCCC(C)CC[C@@H](C)CC(=O)Nc1ccccc1. The molecule has 2 nitrogen and oxygen atoms in total. The third kappa shape index (κ3) is 8.86. The highest BCUT2D eigenvalue weighted by Crippen LogP contribution is 2.21. The van der Waals surface area contributed by atoms with Gasteiger partial charge in [0, 0.05) is 12.1 Å². The zero-order chi connectivity index (χ0) is 16.4. The first-order valence-corrected chi connectivity index (χ1v) is 8.82. The lowest BCUT2D eigenvalue weighted by molar-refractivity contribution is -0.117. The van der Waals surface area contributed by atoms with Crippen LogP contribution in [0.15, 0.2) is 30.3 Å². The first-order valence-electron chi connectivity index (χ1n) is 8.82. The number of carbonyl (C=O) groups is 1. The summed E-state index contributed by atoms with van der Waals surface area (Å²) in [7, 11) is 0. The summed E-state index contributed by atoms with van der Waals surface area (Å²) in [6, 6.07) is 9.70. The van der Waals surface area contributed by atoms with Crippen molar-refractivity contribution in [1.82, 2.24) is 0 Å². The molecule has 0 radical (unpaired) electrons. The Hall–Kier alpha value is -1.31. The molecule has 2 atom stereocenters. The van der Waals surface area contributed by atoms with E-state index >= 15 is 0 Å². The number of hydrogen-bond acceptors (Lipinski definition) is 1. The molecule has 0 saturated heterocycles. The number of rotatable bonds is 10. The maximum absolute atomic E-state index is 12.0. The van der Waals surface area contributed by atoms with Crippen LogP contribution in [0.5, 0.6) is 0 Å². The van der Waals surface area contributed by atoms with Crippen LogP contribution in [0.4, 0.5) is 5.69 Å². The Morgan fingerprint density at radius 1 is 0.909 bits per heavy atom. The minimum Gasteiger partial charge on any atom is -0.326 e. The lowest BCUT2D eigenvalue weighted by atomic mass is 9.91. The van der Waals surface area contributed by atoms with Gasteiger partial charge in [0.15, 0.2) is 0 Å². The minimum atomic E-state index is 0.131. The number of carbonyl (C=O) groups excluding carboxylic acids is 1. The molecular weight excluding hydrogens is 270 g/mol. The molecule has 1 aromatic rings. The molecule has 2 heteroatoms. The predicted octanol–water partition coefficient (Wildman–Crippen LogP) is 5.89. The molecule has 1 unspecified atom stereocenters. The van der Waals surface area contributed by atoms with Gasteiger partial charge in [-0.05, 0) is 36.3 Å². The molecule has 0 aromatic heterocycles. The molecule has 0 aliphatic carbocycles. The largest absolute Gasteiger partial charge is 0.326 e. The van der Waals surface area contributed by atoms with Gasteiger partial charge < -0.3 is 5.32 Å². The van der Waals surface area contributed by atoms with Crippen LogP contribution in [-0.2, 0) is 4.79 Å². The number of nitrogens with one attached hydrogen (secondary N) is 1. The molecule has 0 bridgehead atoms. The Bertz CT molecular complexity index is 413. The minimum absolute atomic E-state index is 0.131. The Labute approximate surface area is 136 Å². The van der Waals surface area contributed by atoms with Crippen molar-refractivity contribution in [2.75, 3.05) is 5.32 Å². The van der Waals surface area contributed by atoms with Crippen molar-refractivity contribution in [2.24, 2.45) is 17.8 Å². The van der Waals surface area contributed by atoms with Crippen LogP contribution in [0.25, 0.3) is 0 Å². The van der Waals surface area contributed by atoms with Crippen LogP contribution in [0, 0.1) is 17.8 Å². The average Bonchev–Trinajstić information content (AvgIpc) is 2.45. The summed E-state index contributed by atoms with van der Waals surface area (Å²) in [5.41, 5.74) is 0.891. The fourth-order valence-electron chi connectivity index (χ4n) is 2.74. The van der Waals surface area contributed by atoms with E-state index in [1.807, 2.05) is 30.3 Å². The monoisotopic (exact) mass is 303 g/mol. The van der Waals surface area contributed by atoms with Gasteiger partial charge in [0.1, 0.15) is 0 Å². The van der Waals surface area contributed by atoms with Crippen molar-refractivity contribution in [3.8, 4) is 0 Å². The van der Waals surface area contributed by atoms with Crippen molar-refractivity contribution in [2.45, 2.75) is 66.2 Å². The molecule has 1 amide bonds. The number of benzene rings is 1. The molecule has 0 saturated carbocycles. The fourth-order valence-corrected chi connectivity index (χ4v) is 2.74. The normalized spacial score (nSPS) is 13.9. The third-order valence-corrected chi connectivity index (χ3v) is 4.22. The number of anilines is 1. The summed E-state index contributed by atoms with van der Waals surface area (Å²) < 4.78 is 0. The quantitative estimate of drug-likeness (QED) is 0.573. The zero-order valence-corrected chi connectivity index (χ0v) is 14.8. The molecule has 1 N–H and O–H groups in total. The average molecular weight is 303 g/mol. The molecular formula is C20H33NO. The van der Waals surface area contributed by atoms with E-state index in [0.29, 0.717) is 12.3 Å². The van der Waals surface area contributed by atoms with Gasteiger partial charge in [0.2, 0.25) is 5.91 Å². The second-order valence-corrected chi connectivity index (χ2v) is 7.23. The number of hydrogen-bond donors (Lipinski definition) is 1. The molecule has 1 aromatic carbocycles. The van der Waals surface area contributed by atoms with Crippen LogP contribution in [0.3, 0.4) is 0 Å². The van der Waals surface area contributed by atoms with Crippen LogP contribution in [0.2, 0.25) is 0 Å². The molecule has 0 heterocycles. The van der Waals surface area contributed by atoms with Crippen molar-refractivity contribution in [3.63, 3.8) is 0 Å². The first kappa shape index (κ1) is 18.7. The summed E-state index contributed by atoms with van der Waals surface area (Å²) in [6.07, 6.45) is 6.98. The van der Waals surface area contributed by atoms with Gasteiger partial charge in [0.05, 0.1) is 0 Å². The summed E-state index contributed by atoms with van der Waals surface area (Å²) in [5, 5.41) is 2.97. The molecule has 0 fully saturated rings. The van der Waals surface area contributed by atoms with E-state index in [-0.39, 0.29) is 5.91 Å². The lowest BCUT2D eigenvalue weighted by Crippen LogP contribution is -2.15. The Balaban J connectivity index is 2.17. The Kier molecular flexibility index (Phi) is 8.88. The second kappa shape index (κ2) is 10.4. The molecule has 1 rings (SSSR count). The van der Waals surface area contributed by atoms with E-state index in [1.165, 1.54) is 25.7 Å². The lowest BCUT2D eigenvalue weighted by Gasteiger charge is -2.16. The topological polar surface area (TPSA) is 29.1 Å². The standard InChI is InChI=1S/C20H33NO/c1-16(2)9-8-10-17(3)13-14-18(4)15-20(22)21-19-11-6-5-7-12-19/h5-7,11-12,16-18H,8-10,13-15H2,1-4H3,(H,21,22)/t17?,18-/m1/s1. The molecule has 0 aliphatic heterocycles. The molecule has 124 valence electrons. The highest BCUT2D eigenvalue weighted by atomic mass is 16.1. The first-order chi connectivity index (χ1) is 10.5. The van der Waals surface area contributed by atoms with Crippen molar-refractivity contribution >= 4 is 11.6 Å². The Morgan fingerprint density at radius 3 is 2.18 bits per heavy atom. The van der Waals surface area contributed by atoms with E-state index in [1.54, 1.807) is 0 Å². The van der Waals surface area contributed by atoms with E-state index < -0.39 is 0 Å². The second-order valence-electron chi connectivity index (χ2n) is 7.23. The van der Waals surface area contributed by atoms with Gasteiger partial charge in [0.25, 0.3) is 0 Å². The van der Waals surface area contributed by atoms with Crippen LogP contribution in [-0.4, -0.2) is 5.91 Å². The van der Waals surface area contributed by atoms with Gasteiger partial charge in [-0.1, -0.05) is 71.6 Å². The van der Waals surface area contributed by atoms with Gasteiger partial charge in [-0.2, -0.15) is 0 Å². The molecule has 22 heavy (non-hydrogen) atoms. The Morgan fingerprint density at radius 2 is 1.55 bits per heavy atom. The van der Waals surface area contributed by atoms with Gasteiger partial charge in [-0.15, -0.1) is 0 Å². The molecule has 0 spiro atoms. The maximum atomic E-state index is 12.0. The number of amides is 1. The maximum Gasteiger partial charge on any atom is 0.224 e. The summed E-state index contributed by atoms with van der Waals surface area (Å²) in [6.45, 7) is 9.11. The zero-order valence-electron chi connectivity index (χ0n) is 14.8. The number of para-hydroxylation sites is 1. The van der Waals surface area contributed by atoms with Crippen LogP contribution < -0.4 is 5.32 Å². The van der Waals surface area contributed by atoms with E-state index in [0.717, 1.165) is 23.9 Å². The summed E-state index contributed by atoms with van der Waals surface area (Å²) >= 11 is 0. The third-order valence-electron chi connectivity index (χ3n) is 4.22. The summed E-state index contributed by atoms with van der Waals surface area (Å²) in [5.74, 6) is 2.17. The predicted molar refractivity (Wildman–Crippen MR) is 95.9 cm³/mol. The smallest absolute Gasteiger partial charge is 0.224 e. The highest BCUT2D eigenvalue weighted by molar-refractivity contribution is 5.90. The van der Waals surface area contributed by atoms with Crippen molar-refractivity contribution in [1.29, 1.82) is 0 Å². The highest BCUT2D eigenvalue weighted by Gasteiger charge is 2.11. The van der Waals surface area contributed by atoms with Crippen LogP contribution in [0.1, 0.15) is 66.2 Å². The van der Waals surface area contributed by atoms with Crippen molar-refractivity contribution in [3.05, 3.63) is 30.3 Å². The van der Waals surface area contributed by atoms with Gasteiger partial charge in [-0.25, -0.2) is 0 Å². The van der Waals surface area contributed by atoms with E-state index in [2.05, 4.69) is 33.0 Å². The van der Waals surface area contributed by atoms with Crippen LogP contribution >= 0.6 is 0 Å². The van der Waals surface area contributed by atoms with Crippen molar-refractivity contribution < 1.29 is 4.79 Å². The summed E-state index contributed by atoms with van der Waals surface area (Å²) in [4.78, 5) is 12.0.